The van der Waals surface area contributed by atoms with Crippen LogP contribution in [0.4, 0.5) is 5.95 Å². The minimum Gasteiger partial charge on any atom is -0.351 e. The summed E-state index contributed by atoms with van der Waals surface area (Å²) in [6, 6.07) is 2.43. The average Bonchev–Trinajstić information content (AvgIpc) is 3.02. The van der Waals surface area contributed by atoms with Crippen molar-refractivity contribution in [1.82, 2.24) is 19.7 Å². The number of hydrogen-bond acceptors (Lipinski definition) is 4. The van der Waals surface area contributed by atoms with E-state index in [1.807, 2.05) is 19.3 Å². The summed E-state index contributed by atoms with van der Waals surface area (Å²) < 4.78 is 2.71. The van der Waals surface area contributed by atoms with E-state index in [1.165, 1.54) is 25.7 Å². The monoisotopic (exact) mass is 321 g/mol. The van der Waals surface area contributed by atoms with Crippen LogP contribution < -0.4 is 5.32 Å². The molecule has 5 nitrogen and oxygen atoms in total. The van der Waals surface area contributed by atoms with Crippen LogP contribution >= 0.6 is 15.9 Å². The summed E-state index contributed by atoms with van der Waals surface area (Å²) in [4.78, 5) is 8.88. The molecule has 0 amide bonds. The van der Waals surface area contributed by atoms with Crippen LogP contribution in [-0.2, 0) is 7.05 Å². The molecule has 0 spiro atoms. The second kappa shape index (κ2) is 5.28. The molecule has 100 valence electrons. The summed E-state index contributed by atoms with van der Waals surface area (Å²) in [5.41, 5.74) is 1.87. The van der Waals surface area contributed by atoms with E-state index in [0.29, 0.717) is 12.0 Å². The highest BCUT2D eigenvalue weighted by Gasteiger charge is 2.16. The van der Waals surface area contributed by atoms with Gasteiger partial charge in [0.05, 0.1) is 17.5 Å². The van der Waals surface area contributed by atoms with Crippen LogP contribution in [0.25, 0.3) is 11.3 Å². The number of hydrogen-bond donors (Lipinski definition) is 1. The summed E-state index contributed by atoms with van der Waals surface area (Å²) in [6.45, 7) is 0. The second-order valence-electron chi connectivity index (χ2n) is 4.86. The topological polar surface area (TPSA) is 55.6 Å². The Bertz CT molecular complexity index is 574. The fourth-order valence-electron chi connectivity index (χ4n) is 2.43. The van der Waals surface area contributed by atoms with Crippen molar-refractivity contribution in [3.63, 3.8) is 0 Å². The third kappa shape index (κ3) is 2.63. The van der Waals surface area contributed by atoms with E-state index in [-0.39, 0.29) is 0 Å². The molecule has 1 aliphatic rings. The highest BCUT2D eigenvalue weighted by atomic mass is 79.9. The molecule has 0 atom stereocenters. The van der Waals surface area contributed by atoms with Gasteiger partial charge in [0.15, 0.2) is 0 Å². The molecule has 1 saturated carbocycles. The third-order valence-corrected chi connectivity index (χ3v) is 4.43. The zero-order chi connectivity index (χ0) is 13.2. The van der Waals surface area contributed by atoms with Gasteiger partial charge in [0.1, 0.15) is 4.60 Å². The van der Waals surface area contributed by atoms with Crippen molar-refractivity contribution >= 4 is 21.9 Å². The van der Waals surface area contributed by atoms with Crippen molar-refractivity contribution in [1.29, 1.82) is 0 Å². The number of aromatic nitrogens is 4. The van der Waals surface area contributed by atoms with Crippen molar-refractivity contribution in [2.75, 3.05) is 5.32 Å². The fourth-order valence-corrected chi connectivity index (χ4v) is 2.82. The number of anilines is 1. The first kappa shape index (κ1) is 12.6. The highest BCUT2D eigenvalue weighted by Crippen LogP contribution is 2.27. The van der Waals surface area contributed by atoms with Gasteiger partial charge in [0.2, 0.25) is 5.95 Å². The molecular formula is C13H16BrN5. The van der Waals surface area contributed by atoms with E-state index in [4.69, 9.17) is 0 Å². The molecule has 1 aliphatic carbocycles. The first-order chi connectivity index (χ1) is 9.24. The van der Waals surface area contributed by atoms with Gasteiger partial charge in [-0.15, -0.1) is 0 Å². The smallest absolute Gasteiger partial charge is 0.223 e. The molecule has 0 saturated heterocycles. The van der Waals surface area contributed by atoms with Crippen LogP contribution in [0.15, 0.2) is 23.1 Å². The lowest BCUT2D eigenvalue weighted by molar-refractivity contribution is 0.744. The Morgan fingerprint density at radius 3 is 2.84 bits per heavy atom. The molecule has 2 aromatic rings. The molecule has 2 heterocycles. The Kier molecular flexibility index (Phi) is 3.50. The van der Waals surface area contributed by atoms with E-state index < -0.39 is 0 Å². The van der Waals surface area contributed by atoms with Gasteiger partial charge in [-0.25, -0.2) is 9.97 Å². The Morgan fingerprint density at radius 2 is 2.16 bits per heavy atom. The lowest BCUT2D eigenvalue weighted by Crippen LogP contribution is -2.16. The van der Waals surface area contributed by atoms with E-state index in [0.717, 1.165) is 15.9 Å². The number of rotatable bonds is 3. The van der Waals surface area contributed by atoms with E-state index >= 15 is 0 Å². The zero-order valence-electron chi connectivity index (χ0n) is 10.8. The Labute approximate surface area is 120 Å². The number of halogens is 1. The fraction of sp³-hybridized carbons (Fsp3) is 0.462. The normalized spacial score (nSPS) is 15.9. The van der Waals surface area contributed by atoms with E-state index in [1.54, 1.807) is 10.9 Å². The Morgan fingerprint density at radius 1 is 1.37 bits per heavy atom. The molecular weight excluding hydrogens is 306 g/mol. The molecule has 6 heteroatoms. The summed E-state index contributed by atoms with van der Waals surface area (Å²) in [6.07, 6.45) is 8.62. The molecule has 0 unspecified atom stereocenters. The molecule has 3 rings (SSSR count). The van der Waals surface area contributed by atoms with Gasteiger partial charge in [-0.1, -0.05) is 12.8 Å². The molecule has 1 fully saturated rings. The summed E-state index contributed by atoms with van der Waals surface area (Å²) in [5, 5.41) is 7.63. The Balaban J connectivity index is 1.85. The van der Waals surface area contributed by atoms with Gasteiger partial charge in [0, 0.05) is 19.3 Å². The van der Waals surface area contributed by atoms with Crippen LogP contribution in [-0.4, -0.2) is 25.8 Å². The standard InChI is InChI=1S/C13H16BrN5/c1-19-12(14)10(8-16-19)11-6-7-15-13(18-11)17-9-4-2-3-5-9/h6-9H,2-5H2,1H3,(H,15,17,18). The van der Waals surface area contributed by atoms with Gasteiger partial charge in [0.25, 0.3) is 0 Å². The third-order valence-electron chi connectivity index (χ3n) is 3.49. The molecule has 2 aromatic heterocycles. The van der Waals surface area contributed by atoms with E-state index in [9.17, 15) is 0 Å². The van der Waals surface area contributed by atoms with Gasteiger partial charge in [-0.2, -0.15) is 5.10 Å². The van der Waals surface area contributed by atoms with Crippen LogP contribution in [0.3, 0.4) is 0 Å². The lowest BCUT2D eigenvalue weighted by Gasteiger charge is -2.11. The minimum absolute atomic E-state index is 0.521. The van der Waals surface area contributed by atoms with Crippen LogP contribution in [0.2, 0.25) is 0 Å². The predicted octanol–water partition coefficient (Wildman–Crippen LogP) is 2.99. The van der Waals surface area contributed by atoms with Crippen LogP contribution in [0.5, 0.6) is 0 Å². The number of nitrogens with one attached hydrogen (secondary N) is 1. The van der Waals surface area contributed by atoms with Crippen molar-refractivity contribution in [2.45, 2.75) is 31.7 Å². The molecule has 0 radical (unpaired) electrons. The maximum atomic E-state index is 4.58. The minimum atomic E-state index is 0.521. The molecule has 0 aliphatic heterocycles. The number of aryl methyl sites for hydroxylation is 1. The molecule has 0 aromatic carbocycles. The molecule has 0 bridgehead atoms. The van der Waals surface area contributed by atoms with Crippen molar-refractivity contribution in [3.05, 3.63) is 23.1 Å². The first-order valence-electron chi connectivity index (χ1n) is 6.51. The van der Waals surface area contributed by atoms with Gasteiger partial charge in [-0.3, -0.25) is 4.68 Å². The Hall–Kier alpha value is -1.43. The number of nitrogens with zero attached hydrogens (tertiary/aromatic N) is 4. The van der Waals surface area contributed by atoms with Crippen LogP contribution in [0.1, 0.15) is 25.7 Å². The average molecular weight is 322 g/mol. The summed E-state index contributed by atoms with van der Waals surface area (Å²) >= 11 is 3.52. The largest absolute Gasteiger partial charge is 0.351 e. The second-order valence-corrected chi connectivity index (χ2v) is 5.62. The van der Waals surface area contributed by atoms with Gasteiger partial charge in [-0.05, 0) is 34.8 Å². The van der Waals surface area contributed by atoms with Gasteiger partial charge >= 0.3 is 0 Å². The lowest BCUT2D eigenvalue weighted by atomic mass is 10.2. The maximum Gasteiger partial charge on any atom is 0.223 e. The maximum absolute atomic E-state index is 4.58. The predicted molar refractivity (Wildman–Crippen MR) is 77.8 cm³/mol. The molecule has 1 N–H and O–H groups in total. The quantitative estimate of drug-likeness (QED) is 0.944. The first-order valence-corrected chi connectivity index (χ1v) is 7.31. The highest BCUT2D eigenvalue weighted by molar-refractivity contribution is 9.10. The van der Waals surface area contributed by atoms with Crippen molar-refractivity contribution in [3.8, 4) is 11.3 Å². The van der Waals surface area contributed by atoms with Crippen molar-refractivity contribution in [2.24, 2.45) is 7.05 Å². The summed E-state index contributed by atoms with van der Waals surface area (Å²) in [5.74, 6) is 0.708. The molecule has 19 heavy (non-hydrogen) atoms. The summed E-state index contributed by atoms with van der Waals surface area (Å²) in [7, 11) is 1.90. The van der Waals surface area contributed by atoms with Gasteiger partial charge < -0.3 is 5.32 Å². The SMILES string of the molecule is Cn1ncc(-c2ccnc(NC3CCCC3)n2)c1Br. The zero-order valence-corrected chi connectivity index (χ0v) is 12.4. The van der Waals surface area contributed by atoms with Crippen molar-refractivity contribution < 1.29 is 0 Å². The van der Waals surface area contributed by atoms with Crippen LogP contribution in [0, 0.1) is 0 Å². The van der Waals surface area contributed by atoms with E-state index in [2.05, 4.69) is 36.3 Å².